The van der Waals surface area contributed by atoms with E-state index in [-0.39, 0.29) is 17.3 Å². The first-order valence-corrected chi connectivity index (χ1v) is 10.7. The summed E-state index contributed by atoms with van der Waals surface area (Å²) < 4.78 is 21.5. The first-order valence-electron chi connectivity index (χ1n) is 10.7. The number of nitrogens with zero attached hydrogens (tertiary/aromatic N) is 2. The fourth-order valence-electron chi connectivity index (χ4n) is 4.63. The van der Waals surface area contributed by atoms with E-state index in [9.17, 15) is 4.39 Å². The molecule has 1 aliphatic rings. The molecule has 0 saturated heterocycles. The number of ether oxygens (including phenoxy) is 1. The first kappa shape index (κ1) is 20.5. The summed E-state index contributed by atoms with van der Waals surface area (Å²) in [5.41, 5.74) is 5.83. The molecule has 1 aliphatic carbocycles. The third-order valence-corrected chi connectivity index (χ3v) is 6.18. The van der Waals surface area contributed by atoms with Gasteiger partial charge in [0.15, 0.2) is 0 Å². The second-order valence-corrected chi connectivity index (χ2v) is 8.26. The van der Waals surface area contributed by atoms with Crippen LogP contribution in [0.3, 0.4) is 0 Å². The van der Waals surface area contributed by atoms with Crippen molar-refractivity contribution in [1.82, 2.24) is 9.78 Å². The lowest BCUT2D eigenvalue weighted by molar-refractivity contribution is 0.0319. The summed E-state index contributed by atoms with van der Waals surface area (Å²) in [6.45, 7) is 7.30. The molecule has 0 aliphatic heterocycles. The molecule has 0 radical (unpaired) electrons. The molecule has 156 valence electrons. The summed E-state index contributed by atoms with van der Waals surface area (Å²) in [5.74, 6) is -0.236. The Hall–Kier alpha value is -2.72. The summed E-state index contributed by atoms with van der Waals surface area (Å²) in [5, 5.41) is 4.62. The van der Waals surface area contributed by atoms with Crippen LogP contribution in [-0.2, 0) is 11.2 Å². The number of allylic oxidation sites excluding steroid dienone is 1. The second kappa shape index (κ2) is 8.57. The van der Waals surface area contributed by atoms with Crippen molar-refractivity contribution in [1.29, 1.82) is 0 Å². The normalized spacial score (nSPS) is 19.3. The number of halogens is 1. The molecule has 30 heavy (non-hydrogen) atoms. The van der Waals surface area contributed by atoms with Crippen LogP contribution in [0, 0.1) is 11.2 Å². The summed E-state index contributed by atoms with van der Waals surface area (Å²) in [6.07, 6.45) is 7.11. The second-order valence-electron chi connectivity index (χ2n) is 8.26. The van der Waals surface area contributed by atoms with Gasteiger partial charge in [-0.3, -0.25) is 0 Å². The van der Waals surface area contributed by atoms with Crippen LogP contribution in [0.25, 0.3) is 11.8 Å². The van der Waals surface area contributed by atoms with E-state index in [1.165, 1.54) is 28.8 Å². The van der Waals surface area contributed by atoms with Crippen LogP contribution in [0.5, 0.6) is 0 Å². The van der Waals surface area contributed by atoms with Crippen LogP contribution in [-0.4, -0.2) is 16.4 Å². The minimum atomic E-state index is -0.236. The van der Waals surface area contributed by atoms with E-state index < -0.39 is 0 Å². The largest absolute Gasteiger partial charge is 0.374 e. The van der Waals surface area contributed by atoms with Gasteiger partial charge < -0.3 is 4.74 Å². The van der Waals surface area contributed by atoms with Gasteiger partial charge >= 0.3 is 0 Å². The van der Waals surface area contributed by atoms with Crippen molar-refractivity contribution >= 4 is 6.08 Å². The van der Waals surface area contributed by atoms with Gasteiger partial charge in [0.05, 0.1) is 23.7 Å². The Morgan fingerprint density at radius 1 is 1.10 bits per heavy atom. The SMILES string of the molecule is CCOC(C[C@@]1(C)Cc2cnn(-c3ccc(F)cc3)c2C=C1CC)c1ccccc1. The number of aromatic nitrogens is 2. The fraction of sp³-hybridized carbons (Fsp3) is 0.346. The number of hydrogen-bond donors (Lipinski definition) is 0. The lowest BCUT2D eigenvalue weighted by atomic mass is 9.68. The molecule has 2 atom stereocenters. The van der Waals surface area contributed by atoms with Crippen molar-refractivity contribution in [3.8, 4) is 5.69 Å². The van der Waals surface area contributed by atoms with Crippen molar-refractivity contribution in [2.75, 3.05) is 6.61 Å². The van der Waals surface area contributed by atoms with Gasteiger partial charge in [-0.1, -0.05) is 49.8 Å². The van der Waals surface area contributed by atoms with Crippen molar-refractivity contribution < 1.29 is 9.13 Å². The smallest absolute Gasteiger partial charge is 0.123 e. The summed E-state index contributed by atoms with van der Waals surface area (Å²) in [6, 6.07) is 17.0. The Balaban J connectivity index is 1.67. The lowest BCUT2D eigenvalue weighted by Crippen LogP contribution is -2.29. The van der Waals surface area contributed by atoms with Gasteiger partial charge in [0.2, 0.25) is 0 Å². The number of rotatable bonds is 7. The number of fused-ring (bicyclic) bond motifs is 1. The van der Waals surface area contributed by atoms with E-state index in [1.807, 2.05) is 16.9 Å². The summed E-state index contributed by atoms with van der Waals surface area (Å²) in [7, 11) is 0. The van der Waals surface area contributed by atoms with Crippen molar-refractivity contribution in [3.63, 3.8) is 0 Å². The Kier molecular flexibility index (Phi) is 5.87. The van der Waals surface area contributed by atoms with E-state index >= 15 is 0 Å². The Labute approximate surface area is 178 Å². The molecule has 3 aromatic rings. The fourth-order valence-corrected chi connectivity index (χ4v) is 4.63. The van der Waals surface area contributed by atoms with Gasteiger partial charge in [-0.05, 0) is 73.1 Å². The molecule has 1 aromatic heterocycles. The topological polar surface area (TPSA) is 27.1 Å². The van der Waals surface area contributed by atoms with E-state index in [0.29, 0.717) is 6.61 Å². The molecule has 0 bridgehead atoms. The molecule has 2 aromatic carbocycles. The zero-order valence-corrected chi connectivity index (χ0v) is 17.9. The molecule has 0 N–H and O–H groups in total. The van der Waals surface area contributed by atoms with E-state index in [2.05, 4.69) is 56.2 Å². The molecule has 1 heterocycles. The quantitative estimate of drug-likeness (QED) is 0.447. The summed E-state index contributed by atoms with van der Waals surface area (Å²) in [4.78, 5) is 0. The molecule has 4 rings (SSSR count). The lowest BCUT2D eigenvalue weighted by Gasteiger charge is -2.38. The molecule has 4 heteroatoms. The molecular weight excluding hydrogens is 375 g/mol. The average Bonchev–Trinajstić information content (AvgIpc) is 3.16. The highest BCUT2D eigenvalue weighted by Crippen LogP contribution is 2.46. The van der Waals surface area contributed by atoms with Crippen LogP contribution in [0.1, 0.15) is 56.5 Å². The van der Waals surface area contributed by atoms with Crippen LogP contribution in [0.15, 0.2) is 66.4 Å². The highest BCUT2D eigenvalue weighted by molar-refractivity contribution is 5.60. The number of hydrogen-bond acceptors (Lipinski definition) is 2. The highest BCUT2D eigenvalue weighted by Gasteiger charge is 2.36. The van der Waals surface area contributed by atoms with Crippen LogP contribution in [0.2, 0.25) is 0 Å². The Morgan fingerprint density at radius 3 is 2.50 bits per heavy atom. The van der Waals surface area contributed by atoms with E-state index in [1.54, 1.807) is 12.1 Å². The maximum Gasteiger partial charge on any atom is 0.123 e. The molecule has 3 nitrogen and oxygen atoms in total. The van der Waals surface area contributed by atoms with Gasteiger partial charge in [0.1, 0.15) is 5.82 Å². The van der Waals surface area contributed by atoms with Crippen LogP contribution in [0.4, 0.5) is 4.39 Å². The third kappa shape index (κ3) is 3.97. The van der Waals surface area contributed by atoms with Gasteiger partial charge in [0.25, 0.3) is 0 Å². The minimum Gasteiger partial charge on any atom is -0.374 e. The van der Waals surface area contributed by atoms with Gasteiger partial charge in [0, 0.05) is 6.61 Å². The van der Waals surface area contributed by atoms with Crippen molar-refractivity contribution in [3.05, 3.63) is 89.0 Å². The predicted molar refractivity (Wildman–Crippen MR) is 119 cm³/mol. The maximum atomic E-state index is 13.4. The zero-order chi connectivity index (χ0) is 21.1. The van der Waals surface area contributed by atoms with E-state index in [4.69, 9.17) is 4.74 Å². The maximum absolute atomic E-state index is 13.4. The molecule has 1 unspecified atom stereocenters. The minimum absolute atomic E-state index is 0.00587. The van der Waals surface area contributed by atoms with E-state index in [0.717, 1.165) is 30.6 Å². The molecule has 0 fully saturated rings. The monoisotopic (exact) mass is 404 g/mol. The van der Waals surface area contributed by atoms with Gasteiger partial charge in [-0.2, -0.15) is 5.10 Å². The zero-order valence-electron chi connectivity index (χ0n) is 17.9. The molecule has 0 amide bonds. The molecule has 0 spiro atoms. The summed E-state index contributed by atoms with van der Waals surface area (Å²) >= 11 is 0. The van der Waals surface area contributed by atoms with Crippen LogP contribution < -0.4 is 0 Å². The average molecular weight is 405 g/mol. The van der Waals surface area contributed by atoms with Crippen molar-refractivity contribution in [2.24, 2.45) is 5.41 Å². The molecule has 0 saturated carbocycles. The number of benzene rings is 2. The standard InChI is InChI=1S/C26H29FN2O/c1-4-21-15-24-20(18-28-29(24)23-13-11-22(27)12-14-23)16-26(21,3)17-25(30-5-2)19-9-7-6-8-10-19/h6-15,18,25H,4-5,16-17H2,1-3H3/t25?,26-/m1/s1. The Morgan fingerprint density at radius 2 is 1.83 bits per heavy atom. The Bertz CT molecular complexity index is 1020. The molecular formula is C26H29FN2O. The van der Waals surface area contributed by atoms with Gasteiger partial charge in [-0.15, -0.1) is 0 Å². The predicted octanol–water partition coefficient (Wildman–Crippen LogP) is 6.54. The first-order chi connectivity index (χ1) is 14.5. The van der Waals surface area contributed by atoms with Crippen LogP contribution >= 0.6 is 0 Å². The van der Waals surface area contributed by atoms with Crippen molar-refractivity contribution in [2.45, 2.75) is 46.1 Å². The third-order valence-electron chi connectivity index (χ3n) is 6.18. The highest BCUT2D eigenvalue weighted by atomic mass is 19.1. The van der Waals surface area contributed by atoms with Gasteiger partial charge in [-0.25, -0.2) is 9.07 Å².